The maximum Gasteiger partial charge on any atom is 0.271 e. The number of carbonyl (C=O) groups is 1. The second-order valence-electron chi connectivity index (χ2n) is 7.49. The first-order chi connectivity index (χ1) is 13.8. The molecule has 5 heteroatoms. The summed E-state index contributed by atoms with van der Waals surface area (Å²) in [5.41, 5.74) is 3.32. The molecule has 1 amide bonds. The van der Waals surface area contributed by atoms with Crippen LogP contribution in [-0.2, 0) is 6.54 Å². The van der Waals surface area contributed by atoms with Crippen LogP contribution in [0.25, 0.3) is 11.0 Å². The Morgan fingerprint density at radius 2 is 1.71 bits per heavy atom. The first-order valence-electron chi connectivity index (χ1n) is 10.0. The van der Waals surface area contributed by atoms with Crippen LogP contribution in [0.3, 0.4) is 0 Å². The summed E-state index contributed by atoms with van der Waals surface area (Å²) < 4.78 is 0. The van der Waals surface area contributed by atoms with Gasteiger partial charge >= 0.3 is 0 Å². The molecule has 0 spiro atoms. The number of aromatic nitrogens is 2. The minimum atomic E-state index is -0.139. The molecule has 0 aliphatic carbocycles. The van der Waals surface area contributed by atoms with Crippen LogP contribution < -0.4 is 5.32 Å². The van der Waals surface area contributed by atoms with Crippen molar-refractivity contribution in [1.82, 2.24) is 20.2 Å². The zero-order valence-electron chi connectivity index (χ0n) is 16.1. The highest BCUT2D eigenvalue weighted by Crippen LogP contribution is 2.21. The van der Waals surface area contributed by atoms with Gasteiger partial charge in [-0.1, -0.05) is 42.5 Å². The van der Waals surface area contributed by atoms with Crippen LogP contribution in [0.5, 0.6) is 0 Å². The Hall–Kier alpha value is -2.79. The quantitative estimate of drug-likeness (QED) is 0.715. The molecule has 0 bridgehead atoms. The van der Waals surface area contributed by atoms with Gasteiger partial charge < -0.3 is 5.32 Å². The summed E-state index contributed by atoms with van der Waals surface area (Å²) in [5.74, 6) is 0.537. The molecule has 0 unspecified atom stereocenters. The van der Waals surface area contributed by atoms with E-state index in [9.17, 15) is 4.79 Å². The fourth-order valence-electron chi connectivity index (χ4n) is 3.82. The SMILES string of the molecule is O=C(NCCC1CCN(Cc2ccccc2)CC1)c1cnc2ccccc2n1. The van der Waals surface area contributed by atoms with E-state index in [4.69, 9.17) is 0 Å². The normalized spacial score (nSPS) is 15.6. The third-order valence-electron chi connectivity index (χ3n) is 5.48. The van der Waals surface area contributed by atoms with E-state index in [1.807, 2.05) is 24.3 Å². The van der Waals surface area contributed by atoms with Gasteiger partial charge in [-0.05, 0) is 56.0 Å². The molecule has 1 saturated heterocycles. The van der Waals surface area contributed by atoms with Gasteiger partial charge in [0.25, 0.3) is 5.91 Å². The summed E-state index contributed by atoms with van der Waals surface area (Å²) in [5, 5.41) is 3.01. The molecule has 1 aromatic heterocycles. The van der Waals surface area contributed by atoms with Gasteiger partial charge in [0.1, 0.15) is 5.69 Å². The molecular weight excluding hydrogens is 348 g/mol. The first-order valence-corrected chi connectivity index (χ1v) is 10.0. The number of nitrogens with one attached hydrogen (secondary N) is 1. The lowest BCUT2D eigenvalue weighted by atomic mass is 9.93. The number of hydrogen-bond acceptors (Lipinski definition) is 4. The highest BCUT2D eigenvalue weighted by molar-refractivity contribution is 5.93. The monoisotopic (exact) mass is 374 g/mol. The highest BCUT2D eigenvalue weighted by atomic mass is 16.1. The average Bonchev–Trinajstić information content (AvgIpc) is 2.75. The Labute approximate surface area is 165 Å². The summed E-state index contributed by atoms with van der Waals surface area (Å²) in [4.78, 5) is 23.6. The largest absolute Gasteiger partial charge is 0.351 e. The molecule has 4 rings (SSSR count). The van der Waals surface area contributed by atoms with Crippen molar-refractivity contribution < 1.29 is 4.79 Å². The van der Waals surface area contributed by atoms with Gasteiger partial charge in [0.15, 0.2) is 0 Å². The van der Waals surface area contributed by atoms with E-state index in [0.29, 0.717) is 18.2 Å². The van der Waals surface area contributed by atoms with E-state index in [1.54, 1.807) is 6.20 Å². The summed E-state index contributed by atoms with van der Waals surface area (Å²) in [7, 11) is 0. The lowest BCUT2D eigenvalue weighted by Gasteiger charge is -2.32. The zero-order valence-corrected chi connectivity index (χ0v) is 16.1. The maximum absolute atomic E-state index is 12.4. The lowest BCUT2D eigenvalue weighted by Crippen LogP contribution is -2.35. The molecule has 144 valence electrons. The van der Waals surface area contributed by atoms with E-state index in [1.165, 1.54) is 18.4 Å². The van der Waals surface area contributed by atoms with Gasteiger partial charge in [-0.2, -0.15) is 0 Å². The van der Waals surface area contributed by atoms with Gasteiger partial charge in [-0.15, -0.1) is 0 Å². The van der Waals surface area contributed by atoms with Gasteiger partial charge in [0.05, 0.1) is 17.2 Å². The zero-order chi connectivity index (χ0) is 19.2. The molecule has 0 saturated carbocycles. The average molecular weight is 374 g/mol. The number of nitrogens with zero attached hydrogens (tertiary/aromatic N) is 3. The fraction of sp³-hybridized carbons (Fsp3) is 0.348. The predicted molar refractivity (Wildman–Crippen MR) is 111 cm³/mol. The van der Waals surface area contributed by atoms with Gasteiger partial charge in [-0.25, -0.2) is 4.98 Å². The van der Waals surface area contributed by atoms with Crippen LogP contribution in [0.4, 0.5) is 0 Å². The Morgan fingerprint density at radius 1 is 1.00 bits per heavy atom. The van der Waals surface area contributed by atoms with Crippen molar-refractivity contribution in [3.8, 4) is 0 Å². The maximum atomic E-state index is 12.4. The van der Waals surface area contributed by atoms with Crippen LogP contribution in [0.15, 0.2) is 60.8 Å². The van der Waals surface area contributed by atoms with E-state index in [0.717, 1.165) is 37.1 Å². The number of para-hydroxylation sites is 2. The number of carbonyl (C=O) groups excluding carboxylic acids is 1. The molecule has 3 aromatic rings. The standard InChI is InChI=1S/C23H26N4O/c28-23(22-16-25-20-8-4-5-9-21(20)26-22)24-13-10-18-11-14-27(15-12-18)17-19-6-2-1-3-7-19/h1-9,16,18H,10-15,17H2,(H,24,28). The Balaban J connectivity index is 1.20. The molecule has 28 heavy (non-hydrogen) atoms. The van der Waals surface area contributed by atoms with Crippen LogP contribution in [-0.4, -0.2) is 40.4 Å². The van der Waals surface area contributed by atoms with Crippen molar-refractivity contribution in [3.05, 3.63) is 72.1 Å². The van der Waals surface area contributed by atoms with Crippen molar-refractivity contribution in [2.45, 2.75) is 25.8 Å². The number of amides is 1. The van der Waals surface area contributed by atoms with Crippen LogP contribution in [0, 0.1) is 5.92 Å². The van der Waals surface area contributed by atoms with Crippen molar-refractivity contribution >= 4 is 16.9 Å². The fourth-order valence-corrected chi connectivity index (χ4v) is 3.82. The van der Waals surface area contributed by atoms with Crippen LogP contribution in [0.1, 0.15) is 35.3 Å². The number of hydrogen-bond donors (Lipinski definition) is 1. The molecule has 2 aromatic carbocycles. The molecule has 1 fully saturated rings. The smallest absolute Gasteiger partial charge is 0.271 e. The van der Waals surface area contributed by atoms with Gasteiger partial charge in [-0.3, -0.25) is 14.7 Å². The predicted octanol–water partition coefficient (Wildman–Crippen LogP) is 3.66. The van der Waals surface area contributed by atoms with E-state index >= 15 is 0 Å². The lowest BCUT2D eigenvalue weighted by molar-refractivity contribution is 0.0942. The molecular formula is C23H26N4O. The third kappa shape index (κ3) is 4.73. The van der Waals surface area contributed by atoms with E-state index in [-0.39, 0.29) is 5.91 Å². The van der Waals surface area contributed by atoms with Crippen LogP contribution in [0.2, 0.25) is 0 Å². The molecule has 0 radical (unpaired) electrons. The second-order valence-corrected chi connectivity index (χ2v) is 7.49. The van der Waals surface area contributed by atoms with Gasteiger partial charge in [0, 0.05) is 13.1 Å². The molecule has 5 nitrogen and oxygen atoms in total. The van der Waals surface area contributed by atoms with Crippen LogP contribution >= 0.6 is 0 Å². The van der Waals surface area contributed by atoms with Crippen molar-refractivity contribution in [3.63, 3.8) is 0 Å². The topological polar surface area (TPSA) is 58.1 Å². The molecule has 2 heterocycles. The van der Waals surface area contributed by atoms with E-state index < -0.39 is 0 Å². The number of fused-ring (bicyclic) bond motifs is 1. The molecule has 1 N–H and O–H groups in total. The van der Waals surface area contributed by atoms with E-state index in [2.05, 4.69) is 50.5 Å². The first kappa shape index (κ1) is 18.6. The Morgan fingerprint density at radius 3 is 2.50 bits per heavy atom. The van der Waals surface area contributed by atoms with Gasteiger partial charge in [0.2, 0.25) is 0 Å². The van der Waals surface area contributed by atoms with Crippen molar-refractivity contribution in [1.29, 1.82) is 0 Å². The Kier molecular flexibility index (Phi) is 5.92. The Bertz CT molecular complexity index is 920. The minimum Gasteiger partial charge on any atom is -0.351 e. The highest BCUT2D eigenvalue weighted by Gasteiger charge is 2.19. The second kappa shape index (κ2) is 8.93. The third-order valence-corrected chi connectivity index (χ3v) is 5.48. The number of likely N-dealkylation sites (tertiary alicyclic amines) is 1. The summed E-state index contributed by atoms with van der Waals surface area (Å²) >= 11 is 0. The number of benzene rings is 2. The summed E-state index contributed by atoms with van der Waals surface area (Å²) in [6, 6.07) is 18.2. The summed E-state index contributed by atoms with van der Waals surface area (Å²) in [6.07, 6.45) is 4.96. The molecule has 1 aliphatic rings. The minimum absolute atomic E-state index is 0.139. The number of rotatable bonds is 6. The summed E-state index contributed by atoms with van der Waals surface area (Å²) in [6.45, 7) is 3.98. The van der Waals surface area contributed by atoms with Crippen molar-refractivity contribution in [2.24, 2.45) is 5.92 Å². The van der Waals surface area contributed by atoms with Crippen molar-refractivity contribution in [2.75, 3.05) is 19.6 Å². The number of piperidine rings is 1. The molecule has 0 atom stereocenters. The molecule has 1 aliphatic heterocycles.